The minimum atomic E-state index is -0.488. The van der Waals surface area contributed by atoms with E-state index < -0.39 is 6.04 Å². The molecule has 34 heavy (non-hydrogen) atoms. The van der Waals surface area contributed by atoms with Gasteiger partial charge in [0.05, 0.1) is 14.2 Å². The van der Waals surface area contributed by atoms with Crippen molar-refractivity contribution < 1.29 is 19.1 Å². The number of methoxy groups -OCH3 is 2. The topological polar surface area (TPSA) is 67.9 Å². The number of amides is 2. The third-order valence-electron chi connectivity index (χ3n) is 6.76. The summed E-state index contributed by atoms with van der Waals surface area (Å²) in [6, 6.07) is 13.5. The molecule has 1 aliphatic carbocycles. The van der Waals surface area contributed by atoms with E-state index in [0.717, 1.165) is 42.4 Å². The zero-order chi connectivity index (χ0) is 24.5. The number of nitrogens with zero attached hydrogens (tertiary/aromatic N) is 1. The van der Waals surface area contributed by atoms with Gasteiger partial charge in [0.15, 0.2) is 11.5 Å². The summed E-state index contributed by atoms with van der Waals surface area (Å²) >= 11 is 0. The molecule has 1 aliphatic rings. The molecule has 2 aromatic carbocycles. The number of nitrogens with one attached hydrogen (secondary N) is 1. The quantitative estimate of drug-likeness (QED) is 0.516. The van der Waals surface area contributed by atoms with Crippen LogP contribution in [-0.2, 0) is 22.6 Å². The Labute approximate surface area is 203 Å². The number of carbonyl (C=O) groups is 2. The van der Waals surface area contributed by atoms with Crippen LogP contribution in [0.2, 0.25) is 0 Å². The molecular formula is C28H38N2O4. The molecule has 1 fully saturated rings. The number of hydrogen-bond donors (Lipinski definition) is 1. The third-order valence-corrected chi connectivity index (χ3v) is 6.76. The Morgan fingerprint density at radius 2 is 1.76 bits per heavy atom. The summed E-state index contributed by atoms with van der Waals surface area (Å²) in [4.78, 5) is 28.6. The average molecular weight is 467 g/mol. The van der Waals surface area contributed by atoms with Gasteiger partial charge >= 0.3 is 0 Å². The van der Waals surface area contributed by atoms with Gasteiger partial charge in [0.25, 0.3) is 0 Å². The maximum absolute atomic E-state index is 13.5. The summed E-state index contributed by atoms with van der Waals surface area (Å²) in [7, 11) is 3.21. The molecule has 0 aliphatic heterocycles. The van der Waals surface area contributed by atoms with E-state index in [-0.39, 0.29) is 17.9 Å². The number of benzene rings is 2. The summed E-state index contributed by atoms with van der Waals surface area (Å²) in [5, 5.41) is 3.20. The molecule has 184 valence electrons. The van der Waals surface area contributed by atoms with Crippen LogP contribution in [0.5, 0.6) is 11.5 Å². The van der Waals surface area contributed by atoms with E-state index in [1.165, 1.54) is 0 Å². The Bertz CT molecular complexity index is 969. The number of hydrogen-bond acceptors (Lipinski definition) is 4. The van der Waals surface area contributed by atoms with Gasteiger partial charge in [-0.2, -0.15) is 0 Å². The first-order valence-corrected chi connectivity index (χ1v) is 12.3. The first-order chi connectivity index (χ1) is 16.5. The van der Waals surface area contributed by atoms with Crippen molar-refractivity contribution in [2.45, 2.75) is 77.4 Å². The molecule has 3 rings (SSSR count). The second-order valence-electron chi connectivity index (χ2n) is 9.05. The minimum absolute atomic E-state index is 0.0218. The lowest BCUT2D eigenvalue weighted by Crippen LogP contribution is -2.51. The van der Waals surface area contributed by atoms with E-state index in [0.29, 0.717) is 37.3 Å². The van der Waals surface area contributed by atoms with Gasteiger partial charge < -0.3 is 19.7 Å². The SMILES string of the molecule is CC[C@H](C(=O)NC1CCCC1)N(Cc1ccccc1C)C(=O)CCc1ccc(OC)c(OC)c1. The molecular weight excluding hydrogens is 428 g/mol. The van der Waals surface area contributed by atoms with E-state index in [2.05, 4.69) is 5.32 Å². The van der Waals surface area contributed by atoms with Crippen molar-refractivity contribution in [3.8, 4) is 11.5 Å². The van der Waals surface area contributed by atoms with Crippen molar-refractivity contribution in [1.29, 1.82) is 0 Å². The van der Waals surface area contributed by atoms with Crippen LogP contribution in [0.4, 0.5) is 0 Å². The second kappa shape index (κ2) is 12.4. The van der Waals surface area contributed by atoms with Crippen LogP contribution in [0.25, 0.3) is 0 Å². The van der Waals surface area contributed by atoms with Crippen molar-refractivity contribution in [1.82, 2.24) is 10.2 Å². The molecule has 0 aromatic heterocycles. The highest BCUT2D eigenvalue weighted by Gasteiger charge is 2.30. The van der Waals surface area contributed by atoms with Crippen molar-refractivity contribution in [2.75, 3.05) is 14.2 Å². The second-order valence-corrected chi connectivity index (χ2v) is 9.05. The zero-order valence-corrected chi connectivity index (χ0v) is 20.9. The first kappa shape index (κ1) is 25.6. The van der Waals surface area contributed by atoms with Gasteiger partial charge in [0, 0.05) is 19.0 Å². The Kier molecular flexibility index (Phi) is 9.37. The zero-order valence-electron chi connectivity index (χ0n) is 20.9. The highest BCUT2D eigenvalue weighted by atomic mass is 16.5. The van der Waals surface area contributed by atoms with Crippen LogP contribution in [0.1, 0.15) is 62.1 Å². The van der Waals surface area contributed by atoms with Crippen molar-refractivity contribution >= 4 is 11.8 Å². The number of ether oxygens (including phenoxy) is 2. The fourth-order valence-corrected chi connectivity index (χ4v) is 4.69. The molecule has 2 aromatic rings. The van der Waals surface area contributed by atoms with Gasteiger partial charge in [-0.05, 0) is 61.4 Å². The highest BCUT2D eigenvalue weighted by molar-refractivity contribution is 5.88. The van der Waals surface area contributed by atoms with Gasteiger partial charge in [-0.1, -0.05) is 50.1 Å². The molecule has 1 saturated carbocycles. The Morgan fingerprint density at radius 3 is 2.41 bits per heavy atom. The molecule has 0 radical (unpaired) electrons. The van der Waals surface area contributed by atoms with Gasteiger partial charge in [-0.15, -0.1) is 0 Å². The predicted octanol–water partition coefficient (Wildman–Crippen LogP) is 4.81. The maximum atomic E-state index is 13.5. The molecule has 2 amide bonds. The molecule has 1 N–H and O–H groups in total. The van der Waals surface area contributed by atoms with Crippen LogP contribution >= 0.6 is 0 Å². The molecule has 6 heteroatoms. The monoisotopic (exact) mass is 466 g/mol. The van der Waals surface area contributed by atoms with E-state index in [1.807, 2.05) is 56.3 Å². The molecule has 1 atom stereocenters. The van der Waals surface area contributed by atoms with Crippen molar-refractivity contribution in [2.24, 2.45) is 0 Å². The Balaban J connectivity index is 1.78. The van der Waals surface area contributed by atoms with Crippen LogP contribution in [-0.4, -0.2) is 43.0 Å². The lowest BCUT2D eigenvalue weighted by Gasteiger charge is -2.32. The summed E-state index contributed by atoms with van der Waals surface area (Å²) in [5.41, 5.74) is 3.17. The molecule has 0 heterocycles. The molecule has 0 spiro atoms. The average Bonchev–Trinajstić information content (AvgIpc) is 3.36. The lowest BCUT2D eigenvalue weighted by molar-refractivity contribution is -0.141. The molecule has 0 unspecified atom stereocenters. The summed E-state index contributed by atoms with van der Waals surface area (Å²) in [5.74, 6) is 1.24. The van der Waals surface area contributed by atoms with Crippen LogP contribution in [0, 0.1) is 6.92 Å². The fraction of sp³-hybridized carbons (Fsp3) is 0.500. The summed E-state index contributed by atoms with van der Waals surface area (Å²) in [6.45, 7) is 4.45. The van der Waals surface area contributed by atoms with Gasteiger partial charge in [0.1, 0.15) is 6.04 Å². The van der Waals surface area contributed by atoms with E-state index >= 15 is 0 Å². The summed E-state index contributed by atoms with van der Waals surface area (Å²) < 4.78 is 10.7. The van der Waals surface area contributed by atoms with Crippen LogP contribution < -0.4 is 14.8 Å². The van der Waals surface area contributed by atoms with Gasteiger partial charge in [0.2, 0.25) is 11.8 Å². The van der Waals surface area contributed by atoms with Crippen molar-refractivity contribution in [3.05, 3.63) is 59.2 Å². The van der Waals surface area contributed by atoms with Crippen LogP contribution in [0.15, 0.2) is 42.5 Å². The largest absolute Gasteiger partial charge is 0.493 e. The molecule has 0 saturated heterocycles. The smallest absolute Gasteiger partial charge is 0.243 e. The fourth-order valence-electron chi connectivity index (χ4n) is 4.69. The minimum Gasteiger partial charge on any atom is -0.493 e. The number of carbonyl (C=O) groups excluding carboxylic acids is 2. The molecule has 0 bridgehead atoms. The third kappa shape index (κ3) is 6.52. The number of rotatable bonds is 11. The number of aryl methyl sites for hydroxylation is 2. The normalized spacial score (nSPS) is 14.5. The van der Waals surface area contributed by atoms with E-state index in [4.69, 9.17) is 9.47 Å². The van der Waals surface area contributed by atoms with Gasteiger partial charge in [-0.25, -0.2) is 0 Å². The Morgan fingerprint density at radius 1 is 1.06 bits per heavy atom. The molecule has 6 nitrogen and oxygen atoms in total. The van der Waals surface area contributed by atoms with Crippen LogP contribution in [0.3, 0.4) is 0 Å². The first-order valence-electron chi connectivity index (χ1n) is 12.3. The Hall–Kier alpha value is -3.02. The van der Waals surface area contributed by atoms with E-state index in [1.54, 1.807) is 19.1 Å². The van der Waals surface area contributed by atoms with E-state index in [9.17, 15) is 9.59 Å². The highest BCUT2D eigenvalue weighted by Crippen LogP contribution is 2.28. The summed E-state index contributed by atoms with van der Waals surface area (Å²) in [6.07, 6.45) is 5.80. The van der Waals surface area contributed by atoms with Crippen molar-refractivity contribution in [3.63, 3.8) is 0 Å². The van der Waals surface area contributed by atoms with Gasteiger partial charge in [-0.3, -0.25) is 9.59 Å². The lowest BCUT2D eigenvalue weighted by atomic mass is 10.0. The standard InChI is InChI=1S/C28H38N2O4/c1-5-24(28(32)29-23-12-8-9-13-23)30(19-22-11-7-6-10-20(22)2)27(31)17-15-21-14-16-25(33-3)26(18-21)34-4/h6-7,10-11,14,16,18,23-24H,5,8-9,12-13,15,17,19H2,1-4H3,(H,29,32)/t24-/m1/s1. The maximum Gasteiger partial charge on any atom is 0.243 e. The predicted molar refractivity (Wildman–Crippen MR) is 134 cm³/mol.